The number of hydrogen-bond donors (Lipinski definition) is 2. The van der Waals surface area contributed by atoms with Crippen LogP contribution in [-0.4, -0.2) is 25.7 Å². The summed E-state index contributed by atoms with van der Waals surface area (Å²) in [5.74, 6) is 2.84. The van der Waals surface area contributed by atoms with Crippen LogP contribution in [0.1, 0.15) is 63.4 Å². The van der Waals surface area contributed by atoms with Gasteiger partial charge in [-0.1, -0.05) is 30.4 Å². The van der Waals surface area contributed by atoms with Crippen LogP contribution in [0, 0.1) is 11.8 Å². The summed E-state index contributed by atoms with van der Waals surface area (Å²) in [6.07, 6.45) is 16.5. The van der Waals surface area contributed by atoms with Crippen molar-refractivity contribution in [3.05, 3.63) is 35.9 Å². The van der Waals surface area contributed by atoms with Gasteiger partial charge < -0.3 is 15.8 Å². The molecule has 3 N–H and O–H groups in total. The van der Waals surface area contributed by atoms with Crippen molar-refractivity contribution in [2.45, 2.75) is 69.9 Å². The number of methoxy groups -OCH3 is 1. The molecule has 0 amide bonds. The summed E-state index contributed by atoms with van der Waals surface area (Å²) in [4.78, 5) is 0. The number of para-hydroxylation sites is 1. The van der Waals surface area contributed by atoms with Crippen molar-refractivity contribution in [2.75, 3.05) is 13.7 Å². The van der Waals surface area contributed by atoms with E-state index in [-0.39, 0.29) is 0 Å². The standard InChI is InChI=1S/C23H36N2O/c1-26-23-7-3-2-5-20(23)6-4-16-25-22-14-10-19(11-15-22)17-18-8-12-21(24)13-9-18/h2-7,18-19,21-22,25H,8-17,24H2,1H3/b6-4+. The predicted octanol–water partition coefficient (Wildman–Crippen LogP) is 4.76. The highest BCUT2D eigenvalue weighted by Gasteiger charge is 2.25. The summed E-state index contributed by atoms with van der Waals surface area (Å²) in [5.41, 5.74) is 7.18. The third kappa shape index (κ3) is 5.85. The number of ether oxygens (including phenoxy) is 1. The zero-order chi connectivity index (χ0) is 18.2. The molecule has 3 rings (SSSR count). The van der Waals surface area contributed by atoms with Gasteiger partial charge in [0.2, 0.25) is 0 Å². The van der Waals surface area contributed by atoms with Crippen molar-refractivity contribution >= 4 is 6.08 Å². The van der Waals surface area contributed by atoms with E-state index in [1.807, 2.05) is 12.1 Å². The molecule has 0 atom stereocenters. The first kappa shape index (κ1) is 19.4. The van der Waals surface area contributed by atoms with E-state index >= 15 is 0 Å². The second-order valence-electron chi connectivity index (χ2n) is 8.29. The van der Waals surface area contributed by atoms with Crippen molar-refractivity contribution in [3.8, 4) is 5.75 Å². The minimum absolute atomic E-state index is 0.482. The summed E-state index contributed by atoms with van der Waals surface area (Å²) < 4.78 is 5.39. The van der Waals surface area contributed by atoms with Crippen LogP contribution in [0.2, 0.25) is 0 Å². The molecule has 3 nitrogen and oxygen atoms in total. The van der Waals surface area contributed by atoms with Crippen LogP contribution in [0.15, 0.2) is 30.3 Å². The van der Waals surface area contributed by atoms with E-state index in [0.717, 1.165) is 29.7 Å². The van der Waals surface area contributed by atoms with E-state index in [1.54, 1.807) is 7.11 Å². The Morgan fingerprint density at radius 3 is 2.35 bits per heavy atom. The molecule has 0 unspecified atom stereocenters. The van der Waals surface area contributed by atoms with E-state index in [9.17, 15) is 0 Å². The fourth-order valence-corrected chi connectivity index (χ4v) is 4.72. The van der Waals surface area contributed by atoms with Gasteiger partial charge in [0.05, 0.1) is 7.11 Å². The van der Waals surface area contributed by atoms with Gasteiger partial charge in [0, 0.05) is 24.2 Å². The van der Waals surface area contributed by atoms with E-state index in [1.165, 1.54) is 57.8 Å². The minimum Gasteiger partial charge on any atom is -0.496 e. The topological polar surface area (TPSA) is 47.3 Å². The minimum atomic E-state index is 0.482. The molecule has 0 radical (unpaired) electrons. The van der Waals surface area contributed by atoms with Crippen LogP contribution in [0.4, 0.5) is 0 Å². The van der Waals surface area contributed by atoms with E-state index < -0.39 is 0 Å². The molecule has 0 aromatic heterocycles. The normalized spacial score (nSPS) is 29.8. The lowest BCUT2D eigenvalue weighted by atomic mass is 9.76. The zero-order valence-electron chi connectivity index (χ0n) is 16.3. The van der Waals surface area contributed by atoms with Crippen LogP contribution in [0.25, 0.3) is 6.08 Å². The lowest BCUT2D eigenvalue weighted by Gasteiger charge is -2.33. The number of hydrogen-bond acceptors (Lipinski definition) is 3. The average Bonchev–Trinajstić information content (AvgIpc) is 2.68. The van der Waals surface area contributed by atoms with E-state index in [0.29, 0.717) is 12.1 Å². The molecule has 0 aliphatic heterocycles. The summed E-state index contributed by atoms with van der Waals surface area (Å²) in [5, 5.41) is 3.72. The second-order valence-corrected chi connectivity index (χ2v) is 8.29. The molecule has 2 saturated carbocycles. The van der Waals surface area contributed by atoms with Crippen LogP contribution >= 0.6 is 0 Å². The van der Waals surface area contributed by atoms with Crippen LogP contribution in [0.5, 0.6) is 5.75 Å². The molecule has 2 aliphatic rings. The Kier molecular flexibility index (Phi) is 7.57. The van der Waals surface area contributed by atoms with Crippen molar-refractivity contribution in [2.24, 2.45) is 17.6 Å². The van der Waals surface area contributed by atoms with Gasteiger partial charge in [-0.05, 0) is 75.7 Å². The van der Waals surface area contributed by atoms with Gasteiger partial charge in [0.1, 0.15) is 5.75 Å². The van der Waals surface area contributed by atoms with Crippen molar-refractivity contribution < 1.29 is 4.74 Å². The molecule has 2 aliphatic carbocycles. The van der Waals surface area contributed by atoms with Crippen molar-refractivity contribution in [3.63, 3.8) is 0 Å². The summed E-state index contributed by atoms with van der Waals surface area (Å²) >= 11 is 0. The SMILES string of the molecule is COc1ccccc1/C=C/CNC1CCC(CC2CCC(N)CC2)CC1. The van der Waals surface area contributed by atoms with E-state index in [2.05, 4.69) is 29.6 Å². The van der Waals surface area contributed by atoms with Gasteiger partial charge in [-0.15, -0.1) is 0 Å². The molecule has 2 fully saturated rings. The molecule has 0 heterocycles. The van der Waals surface area contributed by atoms with Crippen molar-refractivity contribution in [1.29, 1.82) is 0 Å². The molecule has 144 valence electrons. The maximum absolute atomic E-state index is 6.04. The smallest absolute Gasteiger partial charge is 0.126 e. The third-order valence-electron chi connectivity index (χ3n) is 6.37. The van der Waals surface area contributed by atoms with Crippen molar-refractivity contribution in [1.82, 2.24) is 5.32 Å². The number of rotatable bonds is 7. The number of nitrogens with one attached hydrogen (secondary N) is 1. The fraction of sp³-hybridized carbons (Fsp3) is 0.652. The highest BCUT2D eigenvalue weighted by molar-refractivity contribution is 5.57. The Labute approximate surface area is 159 Å². The Hall–Kier alpha value is -1.32. The fourth-order valence-electron chi connectivity index (χ4n) is 4.72. The van der Waals surface area contributed by atoms with Crippen LogP contribution < -0.4 is 15.8 Å². The second kappa shape index (κ2) is 10.1. The van der Waals surface area contributed by atoms with Crippen LogP contribution in [-0.2, 0) is 0 Å². The molecule has 0 spiro atoms. The number of benzene rings is 1. The molecule has 0 bridgehead atoms. The maximum Gasteiger partial charge on any atom is 0.126 e. The predicted molar refractivity (Wildman–Crippen MR) is 110 cm³/mol. The average molecular weight is 357 g/mol. The van der Waals surface area contributed by atoms with Gasteiger partial charge in [-0.25, -0.2) is 0 Å². The Balaban J connectivity index is 1.33. The number of nitrogens with two attached hydrogens (primary N) is 1. The van der Waals surface area contributed by atoms with Gasteiger partial charge in [0.15, 0.2) is 0 Å². The van der Waals surface area contributed by atoms with E-state index in [4.69, 9.17) is 10.5 Å². The molecule has 3 heteroatoms. The molecule has 1 aromatic carbocycles. The first-order valence-electron chi connectivity index (χ1n) is 10.5. The third-order valence-corrected chi connectivity index (χ3v) is 6.37. The summed E-state index contributed by atoms with van der Waals surface area (Å²) in [6, 6.07) is 9.34. The quantitative estimate of drug-likeness (QED) is 0.740. The molecular weight excluding hydrogens is 320 g/mol. The Morgan fingerprint density at radius 1 is 1.00 bits per heavy atom. The lowest BCUT2D eigenvalue weighted by Crippen LogP contribution is -2.34. The highest BCUT2D eigenvalue weighted by atomic mass is 16.5. The monoisotopic (exact) mass is 356 g/mol. The molecule has 26 heavy (non-hydrogen) atoms. The maximum atomic E-state index is 6.04. The van der Waals surface area contributed by atoms with Crippen LogP contribution in [0.3, 0.4) is 0 Å². The highest BCUT2D eigenvalue weighted by Crippen LogP contribution is 2.35. The first-order valence-corrected chi connectivity index (χ1v) is 10.5. The molecule has 0 saturated heterocycles. The Morgan fingerprint density at radius 2 is 1.65 bits per heavy atom. The summed E-state index contributed by atoms with van der Waals surface area (Å²) in [7, 11) is 1.73. The molecule has 1 aromatic rings. The first-order chi connectivity index (χ1) is 12.7. The lowest BCUT2D eigenvalue weighted by molar-refractivity contribution is 0.216. The van der Waals surface area contributed by atoms with Gasteiger partial charge in [-0.3, -0.25) is 0 Å². The zero-order valence-corrected chi connectivity index (χ0v) is 16.3. The molecular formula is C23H36N2O. The van der Waals surface area contributed by atoms with Gasteiger partial charge >= 0.3 is 0 Å². The largest absolute Gasteiger partial charge is 0.496 e. The van der Waals surface area contributed by atoms with Gasteiger partial charge in [0.25, 0.3) is 0 Å². The van der Waals surface area contributed by atoms with Gasteiger partial charge in [-0.2, -0.15) is 0 Å². The summed E-state index contributed by atoms with van der Waals surface area (Å²) in [6.45, 7) is 0.938. The Bertz CT molecular complexity index is 555.